The van der Waals surface area contributed by atoms with Gasteiger partial charge in [-0.1, -0.05) is 12.1 Å². The van der Waals surface area contributed by atoms with Crippen LogP contribution >= 0.6 is 0 Å². The molecular formula is C22H14F3N3O3. The molecule has 2 heterocycles. The van der Waals surface area contributed by atoms with Gasteiger partial charge in [0.1, 0.15) is 5.69 Å². The third-order valence-corrected chi connectivity index (χ3v) is 4.86. The lowest BCUT2D eigenvalue weighted by Crippen LogP contribution is -2.24. The number of pyridine rings is 1. The fourth-order valence-electron chi connectivity index (χ4n) is 3.24. The van der Waals surface area contributed by atoms with Gasteiger partial charge in [0.2, 0.25) is 0 Å². The van der Waals surface area contributed by atoms with Crippen molar-refractivity contribution < 1.29 is 27.6 Å². The highest BCUT2D eigenvalue weighted by Crippen LogP contribution is 2.32. The summed E-state index contributed by atoms with van der Waals surface area (Å²) in [4.78, 5) is 41.7. The number of amides is 3. The SMILES string of the molecule is CN1C(=O)c2ccc(NC(=O)c3cc(-c4cccc(C(F)(F)F)c4)ccn3)cc2C1=O. The van der Waals surface area contributed by atoms with Crippen LogP contribution in [0.3, 0.4) is 0 Å². The van der Waals surface area contributed by atoms with E-state index < -0.39 is 29.5 Å². The number of aromatic nitrogens is 1. The Labute approximate surface area is 174 Å². The molecule has 0 atom stereocenters. The normalized spacial score (nSPS) is 13.4. The Hall–Kier alpha value is -4.01. The van der Waals surface area contributed by atoms with Crippen LogP contribution in [0.4, 0.5) is 18.9 Å². The van der Waals surface area contributed by atoms with E-state index in [1.54, 1.807) is 0 Å². The Morgan fingerprint density at radius 3 is 2.39 bits per heavy atom. The summed E-state index contributed by atoms with van der Waals surface area (Å²) >= 11 is 0. The molecule has 0 bridgehead atoms. The minimum absolute atomic E-state index is 0.0186. The summed E-state index contributed by atoms with van der Waals surface area (Å²) in [6.45, 7) is 0. The number of alkyl halides is 3. The highest BCUT2D eigenvalue weighted by molar-refractivity contribution is 6.21. The Kier molecular flexibility index (Phi) is 4.81. The van der Waals surface area contributed by atoms with Crippen LogP contribution < -0.4 is 5.32 Å². The first kappa shape index (κ1) is 20.3. The average Bonchev–Trinajstić information content (AvgIpc) is 2.97. The molecule has 1 aromatic heterocycles. The highest BCUT2D eigenvalue weighted by atomic mass is 19.4. The summed E-state index contributed by atoms with van der Waals surface area (Å²) in [7, 11) is 1.37. The van der Waals surface area contributed by atoms with Crippen LogP contribution in [0.25, 0.3) is 11.1 Å². The fourth-order valence-corrected chi connectivity index (χ4v) is 3.24. The first-order valence-corrected chi connectivity index (χ1v) is 9.06. The number of benzene rings is 2. The van der Waals surface area contributed by atoms with Gasteiger partial charge < -0.3 is 5.32 Å². The lowest BCUT2D eigenvalue weighted by Gasteiger charge is -2.10. The maximum absolute atomic E-state index is 13.0. The first-order valence-electron chi connectivity index (χ1n) is 9.06. The van der Waals surface area contributed by atoms with Gasteiger partial charge in [-0.2, -0.15) is 13.2 Å². The first-order chi connectivity index (χ1) is 14.6. The zero-order chi connectivity index (χ0) is 22.3. The summed E-state index contributed by atoms with van der Waals surface area (Å²) in [5, 5.41) is 2.59. The van der Waals surface area contributed by atoms with E-state index in [0.717, 1.165) is 17.0 Å². The molecule has 9 heteroatoms. The number of rotatable bonds is 3. The maximum Gasteiger partial charge on any atom is 0.416 e. The molecule has 6 nitrogen and oxygen atoms in total. The van der Waals surface area contributed by atoms with E-state index in [1.807, 2.05) is 0 Å². The lowest BCUT2D eigenvalue weighted by atomic mass is 10.0. The zero-order valence-corrected chi connectivity index (χ0v) is 16.0. The molecule has 0 fully saturated rings. The van der Waals surface area contributed by atoms with Crippen molar-refractivity contribution in [2.24, 2.45) is 0 Å². The van der Waals surface area contributed by atoms with Gasteiger partial charge in [0.05, 0.1) is 16.7 Å². The van der Waals surface area contributed by atoms with Gasteiger partial charge >= 0.3 is 6.18 Å². The summed E-state index contributed by atoms with van der Waals surface area (Å²) in [5.41, 5.74) is 0.571. The van der Waals surface area contributed by atoms with Crippen molar-refractivity contribution in [1.82, 2.24) is 9.88 Å². The zero-order valence-electron chi connectivity index (χ0n) is 16.0. The van der Waals surface area contributed by atoms with Crippen LogP contribution in [-0.4, -0.2) is 34.7 Å². The van der Waals surface area contributed by atoms with E-state index in [9.17, 15) is 27.6 Å². The minimum atomic E-state index is -4.48. The lowest BCUT2D eigenvalue weighted by molar-refractivity contribution is -0.137. The molecule has 1 aliphatic heterocycles. The van der Waals surface area contributed by atoms with Gasteiger partial charge in [-0.05, 0) is 53.6 Å². The van der Waals surface area contributed by atoms with E-state index in [-0.39, 0.29) is 28.1 Å². The molecule has 3 amide bonds. The number of halogens is 3. The van der Waals surface area contributed by atoms with Crippen LogP contribution in [0.5, 0.6) is 0 Å². The van der Waals surface area contributed by atoms with Crippen LogP contribution in [0.15, 0.2) is 60.8 Å². The molecule has 0 saturated heterocycles. The molecule has 2 aromatic carbocycles. The number of imide groups is 1. The van der Waals surface area contributed by atoms with E-state index >= 15 is 0 Å². The van der Waals surface area contributed by atoms with E-state index in [1.165, 1.54) is 55.7 Å². The summed E-state index contributed by atoms with van der Waals surface area (Å²) in [6, 6.07) is 12.0. The van der Waals surface area contributed by atoms with Crippen molar-refractivity contribution in [1.29, 1.82) is 0 Å². The predicted molar refractivity (Wildman–Crippen MR) is 105 cm³/mol. The number of fused-ring (bicyclic) bond motifs is 1. The second kappa shape index (κ2) is 7.35. The Bertz CT molecular complexity index is 1240. The maximum atomic E-state index is 13.0. The van der Waals surface area contributed by atoms with Crippen molar-refractivity contribution in [2.45, 2.75) is 6.18 Å². The number of nitrogens with zero attached hydrogens (tertiary/aromatic N) is 2. The molecule has 31 heavy (non-hydrogen) atoms. The van der Waals surface area contributed by atoms with Crippen molar-refractivity contribution in [3.8, 4) is 11.1 Å². The average molecular weight is 425 g/mol. The Morgan fingerprint density at radius 2 is 1.65 bits per heavy atom. The number of carbonyl (C=O) groups excluding carboxylic acids is 3. The second-order valence-electron chi connectivity index (χ2n) is 6.89. The van der Waals surface area contributed by atoms with E-state index in [4.69, 9.17) is 0 Å². The number of hydrogen-bond acceptors (Lipinski definition) is 4. The van der Waals surface area contributed by atoms with Crippen LogP contribution in [0, 0.1) is 0 Å². The Morgan fingerprint density at radius 1 is 0.935 bits per heavy atom. The third kappa shape index (κ3) is 3.77. The summed E-state index contributed by atoms with van der Waals surface area (Å²) in [6.07, 6.45) is -3.16. The minimum Gasteiger partial charge on any atom is -0.321 e. The number of nitrogens with one attached hydrogen (secondary N) is 1. The number of anilines is 1. The molecule has 1 N–H and O–H groups in total. The predicted octanol–water partition coefficient (Wildman–Crippen LogP) is 4.25. The summed E-state index contributed by atoms with van der Waals surface area (Å²) in [5.74, 6) is -1.51. The molecule has 156 valence electrons. The van der Waals surface area contributed by atoms with Crippen molar-refractivity contribution in [3.63, 3.8) is 0 Å². The van der Waals surface area contributed by atoms with Crippen molar-refractivity contribution in [3.05, 3.63) is 83.2 Å². The molecule has 0 aliphatic carbocycles. The van der Waals surface area contributed by atoms with E-state index in [2.05, 4.69) is 10.3 Å². The molecule has 0 radical (unpaired) electrons. The van der Waals surface area contributed by atoms with Gasteiger partial charge in [-0.25, -0.2) is 0 Å². The van der Waals surface area contributed by atoms with Gasteiger partial charge in [0.25, 0.3) is 17.7 Å². The monoisotopic (exact) mass is 425 g/mol. The van der Waals surface area contributed by atoms with Crippen LogP contribution in [0.2, 0.25) is 0 Å². The fraction of sp³-hybridized carbons (Fsp3) is 0.0909. The largest absolute Gasteiger partial charge is 0.416 e. The summed E-state index contributed by atoms with van der Waals surface area (Å²) < 4.78 is 38.9. The Balaban J connectivity index is 1.59. The standard InChI is InChI=1S/C22H14F3N3O3/c1-28-20(30)16-6-5-15(11-17(16)21(28)31)27-19(29)18-10-13(7-8-26-18)12-3-2-4-14(9-12)22(23,24)25/h2-11H,1H3,(H,27,29). The van der Waals surface area contributed by atoms with Crippen LogP contribution in [0.1, 0.15) is 36.8 Å². The molecular weight excluding hydrogens is 411 g/mol. The third-order valence-electron chi connectivity index (χ3n) is 4.86. The van der Waals surface area contributed by atoms with Gasteiger partial charge in [-0.3, -0.25) is 24.3 Å². The molecule has 0 saturated carbocycles. The molecule has 4 rings (SSSR count). The molecule has 0 spiro atoms. The van der Waals surface area contributed by atoms with Crippen molar-refractivity contribution >= 4 is 23.4 Å². The van der Waals surface area contributed by atoms with Crippen molar-refractivity contribution in [2.75, 3.05) is 12.4 Å². The number of carbonyl (C=O) groups is 3. The van der Waals surface area contributed by atoms with Gasteiger partial charge in [-0.15, -0.1) is 0 Å². The van der Waals surface area contributed by atoms with Gasteiger partial charge in [0, 0.05) is 18.9 Å². The van der Waals surface area contributed by atoms with E-state index in [0.29, 0.717) is 5.56 Å². The van der Waals surface area contributed by atoms with Gasteiger partial charge in [0.15, 0.2) is 0 Å². The topological polar surface area (TPSA) is 79.4 Å². The molecule has 1 aliphatic rings. The molecule has 0 unspecified atom stereocenters. The van der Waals surface area contributed by atoms with Crippen LogP contribution in [-0.2, 0) is 6.18 Å². The highest BCUT2D eigenvalue weighted by Gasteiger charge is 2.33. The molecule has 3 aromatic rings. The quantitative estimate of drug-likeness (QED) is 0.637. The second-order valence-corrected chi connectivity index (χ2v) is 6.89. The smallest absolute Gasteiger partial charge is 0.321 e. The number of hydrogen-bond donors (Lipinski definition) is 1.